The minimum absolute atomic E-state index is 0.145. The topological polar surface area (TPSA) is 12.5 Å². The number of hydrogen-bond donors (Lipinski definition) is 0. The van der Waals surface area contributed by atoms with Gasteiger partial charge in [-0.2, -0.15) is 0 Å². The van der Waals surface area contributed by atoms with E-state index in [-0.39, 0.29) is 6.23 Å². The van der Waals surface area contributed by atoms with Gasteiger partial charge in [-0.1, -0.05) is 24.3 Å². The molecule has 0 aromatic heterocycles. The van der Waals surface area contributed by atoms with Gasteiger partial charge >= 0.3 is 0 Å². The molecule has 1 aromatic rings. The summed E-state index contributed by atoms with van der Waals surface area (Å²) in [4.78, 5) is 2.37. The van der Waals surface area contributed by atoms with Gasteiger partial charge in [0, 0.05) is 25.3 Å². The fourth-order valence-electron chi connectivity index (χ4n) is 2.09. The molecule has 0 fully saturated rings. The van der Waals surface area contributed by atoms with Gasteiger partial charge in [-0.25, -0.2) is 0 Å². The number of fused-ring (bicyclic) bond motifs is 1. The van der Waals surface area contributed by atoms with Crippen LogP contribution in [0.1, 0.15) is 31.2 Å². The van der Waals surface area contributed by atoms with Gasteiger partial charge in [-0.05, 0) is 19.4 Å². The van der Waals surface area contributed by atoms with E-state index < -0.39 is 0 Å². The zero-order valence-electron chi connectivity index (χ0n) is 9.03. The summed E-state index contributed by atoms with van der Waals surface area (Å²) in [5.74, 6) is 0. The molecule has 1 aromatic carbocycles. The van der Waals surface area contributed by atoms with Crippen LogP contribution in [0.25, 0.3) is 0 Å². The third kappa shape index (κ3) is 1.45. The van der Waals surface area contributed by atoms with E-state index in [9.17, 15) is 0 Å². The molecule has 0 saturated carbocycles. The van der Waals surface area contributed by atoms with Crippen molar-refractivity contribution in [2.45, 2.75) is 32.7 Å². The number of methoxy groups -OCH3 is 1. The minimum atomic E-state index is 0.145. The molecule has 0 amide bonds. The van der Waals surface area contributed by atoms with Crippen molar-refractivity contribution in [3.8, 4) is 0 Å². The normalized spacial score (nSPS) is 21.6. The Labute approximate surface area is 85.5 Å². The number of nitrogens with zero attached hydrogens (tertiary/aromatic N) is 1. The highest BCUT2D eigenvalue weighted by Crippen LogP contribution is 2.34. The molecule has 1 atom stereocenters. The standard InChI is InChI=1S/C12H17NO/c1-9(2)13-8-10-6-4-5-7-11(10)12(13)14-3/h4-7,9,12H,8H2,1-3H3. The molecule has 0 bridgehead atoms. The maximum Gasteiger partial charge on any atom is 0.137 e. The Balaban J connectivity index is 2.34. The highest BCUT2D eigenvalue weighted by Gasteiger charge is 2.30. The Morgan fingerprint density at radius 2 is 2.07 bits per heavy atom. The first-order valence-electron chi connectivity index (χ1n) is 5.10. The fourth-order valence-corrected chi connectivity index (χ4v) is 2.09. The predicted octanol–water partition coefficient (Wildman–Crippen LogP) is 2.56. The smallest absolute Gasteiger partial charge is 0.137 e. The molecule has 2 heteroatoms. The van der Waals surface area contributed by atoms with Crippen molar-refractivity contribution in [3.63, 3.8) is 0 Å². The monoisotopic (exact) mass is 191 g/mol. The Morgan fingerprint density at radius 1 is 1.36 bits per heavy atom. The van der Waals surface area contributed by atoms with Crippen molar-refractivity contribution in [1.82, 2.24) is 4.90 Å². The molecule has 1 aliphatic rings. The van der Waals surface area contributed by atoms with Gasteiger partial charge in [0.05, 0.1) is 0 Å². The van der Waals surface area contributed by atoms with Gasteiger partial charge in [0.2, 0.25) is 0 Å². The van der Waals surface area contributed by atoms with E-state index in [1.54, 1.807) is 7.11 Å². The van der Waals surface area contributed by atoms with Crippen molar-refractivity contribution in [1.29, 1.82) is 0 Å². The molecule has 1 aliphatic heterocycles. The summed E-state index contributed by atoms with van der Waals surface area (Å²) >= 11 is 0. The lowest BCUT2D eigenvalue weighted by Gasteiger charge is -2.27. The van der Waals surface area contributed by atoms with Gasteiger partial charge < -0.3 is 4.74 Å². The quantitative estimate of drug-likeness (QED) is 0.712. The molecule has 1 heterocycles. The lowest BCUT2D eigenvalue weighted by atomic mass is 10.1. The SMILES string of the molecule is COC1c2ccccc2CN1C(C)C. The van der Waals surface area contributed by atoms with Crippen molar-refractivity contribution in [2.75, 3.05) is 7.11 Å². The molecule has 76 valence electrons. The van der Waals surface area contributed by atoms with Crippen LogP contribution in [0, 0.1) is 0 Å². The van der Waals surface area contributed by atoms with Crippen LogP contribution in [0.2, 0.25) is 0 Å². The maximum atomic E-state index is 5.54. The van der Waals surface area contributed by atoms with Crippen LogP contribution in [0.5, 0.6) is 0 Å². The average molecular weight is 191 g/mol. The third-order valence-corrected chi connectivity index (χ3v) is 2.86. The van der Waals surface area contributed by atoms with E-state index in [1.165, 1.54) is 11.1 Å². The zero-order valence-corrected chi connectivity index (χ0v) is 9.03. The second-order valence-corrected chi connectivity index (χ2v) is 4.05. The van der Waals surface area contributed by atoms with Crippen molar-refractivity contribution >= 4 is 0 Å². The van der Waals surface area contributed by atoms with Gasteiger partial charge in [0.1, 0.15) is 6.23 Å². The average Bonchev–Trinajstić information content (AvgIpc) is 2.56. The number of ether oxygens (including phenoxy) is 1. The first kappa shape index (κ1) is 9.69. The first-order chi connectivity index (χ1) is 6.74. The Hall–Kier alpha value is -0.860. The Kier molecular flexibility index (Phi) is 2.57. The second kappa shape index (κ2) is 3.71. The lowest BCUT2D eigenvalue weighted by Crippen LogP contribution is -2.30. The molecule has 0 N–H and O–H groups in total. The van der Waals surface area contributed by atoms with Crippen LogP contribution in [-0.4, -0.2) is 18.1 Å². The fraction of sp³-hybridized carbons (Fsp3) is 0.500. The van der Waals surface area contributed by atoms with E-state index in [2.05, 4.69) is 43.0 Å². The van der Waals surface area contributed by atoms with Crippen molar-refractivity contribution in [3.05, 3.63) is 35.4 Å². The molecule has 2 rings (SSSR count). The van der Waals surface area contributed by atoms with Crippen molar-refractivity contribution in [2.24, 2.45) is 0 Å². The van der Waals surface area contributed by atoms with Gasteiger partial charge in [0.25, 0.3) is 0 Å². The molecule has 0 aliphatic carbocycles. The largest absolute Gasteiger partial charge is 0.362 e. The minimum Gasteiger partial charge on any atom is -0.362 e. The summed E-state index contributed by atoms with van der Waals surface area (Å²) in [5, 5.41) is 0. The summed E-state index contributed by atoms with van der Waals surface area (Å²) in [5.41, 5.74) is 2.72. The lowest BCUT2D eigenvalue weighted by molar-refractivity contribution is -0.0416. The van der Waals surface area contributed by atoms with Gasteiger partial charge in [-0.3, -0.25) is 4.90 Å². The molecule has 1 unspecified atom stereocenters. The van der Waals surface area contributed by atoms with Crippen LogP contribution >= 0.6 is 0 Å². The summed E-state index contributed by atoms with van der Waals surface area (Å²) in [6.07, 6.45) is 0.145. The molecule has 0 saturated heterocycles. The molecule has 0 spiro atoms. The second-order valence-electron chi connectivity index (χ2n) is 4.05. The maximum absolute atomic E-state index is 5.54. The van der Waals surface area contributed by atoms with E-state index in [0.29, 0.717) is 6.04 Å². The van der Waals surface area contributed by atoms with Crippen LogP contribution in [0.3, 0.4) is 0 Å². The summed E-state index contributed by atoms with van der Waals surface area (Å²) in [6.45, 7) is 5.42. The van der Waals surface area contributed by atoms with E-state index >= 15 is 0 Å². The zero-order chi connectivity index (χ0) is 10.1. The summed E-state index contributed by atoms with van der Waals surface area (Å²) in [7, 11) is 1.78. The highest BCUT2D eigenvalue weighted by atomic mass is 16.5. The first-order valence-corrected chi connectivity index (χ1v) is 5.10. The highest BCUT2D eigenvalue weighted by molar-refractivity contribution is 5.32. The summed E-state index contributed by atoms with van der Waals surface area (Å²) < 4.78 is 5.54. The Bertz CT molecular complexity index is 322. The number of hydrogen-bond acceptors (Lipinski definition) is 2. The van der Waals surface area contributed by atoms with E-state index in [0.717, 1.165) is 6.54 Å². The van der Waals surface area contributed by atoms with Gasteiger partial charge in [0.15, 0.2) is 0 Å². The predicted molar refractivity (Wildman–Crippen MR) is 56.9 cm³/mol. The number of benzene rings is 1. The van der Waals surface area contributed by atoms with Crippen LogP contribution in [0.15, 0.2) is 24.3 Å². The third-order valence-electron chi connectivity index (χ3n) is 2.86. The van der Waals surface area contributed by atoms with Crippen LogP contribution < -0.4 is 0 Å². The molecule has 2 nitrogen and oxygen atoms in total. The van der Waals surface area contributed by atoms with Gasteiger partial charge in [-0.15, -0.1) is 0 Å². The molecular formula is C12H17NO. The van der Waals surface area contributed by atoms with Crippen LogP contribution in [0.4, 0.5) is 0 Å². The van der Waals surface area contributed by atoms with E-state index in [4.69, 9.17) is 4.74 Å². The Morgan fingerprint density at radius 3 is 2.71 bits per heavy atom. The van der Waals surface area contributed by atoms with E-state index in [1.807, 2.05) is 0 Å². The number of rotatable bonds is 2. The van der Waals surface area contributed by atoms with Crippen LogP contribution in [-0.2, 0) is 11.3 Å². The molecular weight excluding hydrogens is 174 g/mol. The molecule has 14 heavy (non-hydrogen) atoms. The van der Waals surface area contributed by atoms with Crippen molar-refractivity contribution < 1.29 is 4.74 Å². The molecule has 0 radical (unpaired) electrons. The summed E-state index contributed by atoms with van der Waals surface area (Å²) in [6, 6.07) is 9.03.